The monoisotopic (exact) mass is 489 g/mol. The fourth-order valence-corrected chi connectivity index (χ4v) is 8.85. The van der Waals surface area contributed by atoms with E-state index < -0.39 is 0 Å². The number of hydrogen-bond donors (Lipinski definition) is 3. The van der Waals surface area contributed by atoms with Crippen LogP contribution in [0.25, 0.3) is 0 Å². The van der Waals surface area contributed by atoms with Crippen LogP contribution >= 0.6 is 11.8 Å². The number of amides is 1. The molecule has 0 radical (unpaired) electrons. The van der Waals surface area contributed by atoms with Gasteiger partial charge >= 0.3 is 0 Å². The minimum absolute atomic E-state index is 0.128. The van der Waals surface area contributed by atoms with E-state index >= 15 is 0 Å². The Bertz CT molecular complexity index is 834. The van der Waals surface area contributed by atoms with Crippen molar-refractivity contribution in [3.05, 3.63) is 5.76 Å². The zero-order chi connectivity index (χ0) is 23.1. The van der Waals surface area contributed by atoms with Gasteiger partial charge in [-0.1, -0.05) is 19.3 Å². The summed E-state index contributed by atoms with van der Waals surface area (Å²) in [6.45, 7) is 2.70. The van der Waals surface area contributed by atoms with Gasteiger partial charge in [0.1, 0.15) is 4.90 Å². The van der Waals surface area contributed by atoms with Gasteiger partial charge in [0.25, 0.3) is 11.8 Å². The molecule has 5 aliphatic carbocycles. The van der Waals surface area contributed by atoms with Crippen molar-refractivity contribution < 1.29 is 19.2 Å². The molecule has 6 aliphatic rings. The number of rotatable bonds is 7. The smallest absolute Gasteiger partial charge is 0.291 e. The molecule has 1 saturated heterocycles. The Morgan fingerprint density at radius 1 is 1.03 bits per heavy atom. The van der Waals surface area contributed by atoms with Crippen LogP contribution in [0.15, 0.2) is 9.42 Å². The Hall–Kier alpha value is -1.25. The van der Waals surface area contributed by atoms with Crippen LogP contribution in [-0.4, -0.2) is 53.3 Å². The number of aliphatic hydroxyl groups excluding tert-OH is 1. The maximum atomic E-state index is 13.5. The van der Waals surface area contributed by atoms with Crippen LogP contribution in [0.4, 0.5) is 0 Å². The second kappa shape index (κ2) is 10.0. The minimum Gasteiger partial charge on any atom is -0.474 e. The van der Waals surface area contributed by atoms with Crippen molar-refractivity contribution in [2.75, 3.05) is 19.7 Å². The zero-order valence-corrected chi connectivity index (χ0v) is 20.9. The summed E-state index contributed by atoms with van der Waals surface area (Å²) >= 11 is 1.74. The van der Waals surface area contributed by atoms with E-state index in [1.807, 2.05) is 0 Å². The number of aliphatic hydroxyl groups is 1. The van der Waals surface area contributed by atoms with Gasteiger partial charge in [0, 0.05) is 11.3 Å². The lowest BCUT2D eigenvalue weighted by atomic mass is 9.53. The highest BCUT2D eigenvalue weighted by atomic mass is 32.2. The van der Waals surface area contributed by atoms with Crippen molar-refractivity contribution in [2.45, 2.75) is 92.9 Å². The standard InChI is InChI=1S/C26H39N3O4S/c30-22-18-10-16-11-19(22)13-17(12-18)21(16)28-25(31)23-24(34-20-4-2-1-3-5-20)26(29-33-23)32-14-15-6-8-27-9-7-15/h15-22,27,30H,1-14H2,(H,28,31). The van der Waals surface area contributed by atoms with Gasteiger partial charge in [-0.15, -0.1) is 11.8 Å². The first-order valence-corrected chi connectivity index (χ1v) is 14.5. The van der Waals surface area contributed by atoms with Gasteiger partial charge in [0.05, 0.1) is 12.7 Å². The van der Waals surface area contributed by atoms with Crippen LogP contribution in [0.5, 0.6) is 5.88 Å². The first-order valence-electron chi connectivity index (χ1n) is 13.6. The van der Waals surface area contributed by atoms with Crippen molar-refractivity contribution in [1.29, 1.82) is 0 Å². The zero-order valence-electron chi connectivity index (χ0n) is 20.0. The number of piperidine rings is 1. The molecule has 1 aromatic heterocycles. The summed E-state index contributed by atoms with van der Waals surface area (Å²) in [5.74, 6) is 3.02. The molecule has 8 heteroatoms. The van der Waals surface area contributed by atoms with Crippen molar-refractivity contribution in [1.82, 2.24) is 15.8 Å². The summed E-state index contributed by atoms with van der Waals surface area (Å²) in [5.41, 5.74) is 0. The molecule has 1 aliphatic heterocycles. The van der Waals surface area contributed by atoms with Crippen LogP contribution in [-0.2, 0) is 0 Å². The van der Waals surface area contributed by atoms with E-state index in [-0.39, 0.29) is 18.1 Å². The summed E-state index contributed by atoms with van der Waals surface area (Å²) in [7, 11) is 0. The van der Waals surface area contributed by atoms with E-state index in [9.17, 15) is 9.90 Å². The lowest BCUT2D eigenvalue weighted by Crippen LogP contribution is -2.60. The lowest BCUT2D eigenvalue weighted by molar-refractivity contribution is -0.106. The predicted octanol–water partition coefficient (Wildman–Crippen LogP) is 4.00. The topological polar surface area (TPSA) is 96.6 Å². The van der Waals surface area contributed by atoms with Crippen LogP contribution in [0.2, 0.25) is 0 Å². The lowest BCUT2D eigenvalue weighted by Gasteiger charge is -2.56. The van der Waals surface area contributed by atoms with Crippen LogP contribution in [0.1, 0.15) is 81.2 Å². The minimum atomic E-state index is -0.138. The van der Waals surface area contributed by atoms with Crippen molar-refractivity contribution >= 4 is 17.7 Å². The molecule has 5 saturated carbocycles. The van der Waals surface area contributed by atoms with Gasteiger partial charge in [-0.2, -0.15) is 0 Å². The highest BCUT2D eigenvalue weighted by Gasteiger charge is 2.53. The number of aromatic nitrogens is 1. The number of nitrogens with zero attached hydrogens (tertiary/aromatic N) is 1. The fraction of sp³-hybridized carbons (Fsp3) is 0.846. The number of hydrogen-bond acceptors (Lipinski definition) is 7. The van der Waals surface area contributed by atoms with E-state index in [1.54, 1.807) is 11.8 Å². The molecule has 0 spiro atoms. The quantitative estimate of drug-likeness (QED) is 0.533. The number of ether oxygens (including phenoxy) is 1. The van der Waals surface area contributed by atoms with E-state index in [0.717, 1.165) is 56.5 Å². The summed E-state index contributed by atoms with van der Waals surface area (Å²) in [6, 6.07) is 0.184. The first-order chi connectivity index (χ1) is 16.7. The summed E-state index contributed by atoms with van der Waals surface area (Å²) in [5, 5.41) is 22.0. The second-order valence-corrected chi connectivity index (χ2v) is 12.8. The molecule has 0 unspecified atom stereocenters. The van der Waals surface area contributed by atoms with Gasteiger partial charge in [-0.3, -0.25) is 4.79 Å². The second-order valence-electron chi connectivity index (χ2n) is 11.5. The molecule has 0 atom stereocenters. The number of carbonyl (C=O) groups is 1. The van der Waals surface area contributed by atoms with Gasteiger partial charge in [-0.25, -0.2) is 0 Å². The van der Waals surface area contributed by atoms with Crippen LogP contribution in [0.3, 0.4) is 0 Å². The molecular weight excluding hydrogens is 450 g/mol. The molecule has 34 heavy (non-hydrogen) atoms. The first kappa shape index (κ1) is 23.2. The Kier molecular flexibility index (Phi) is 6.82. The third kappa shape index (κ3) is 4.62. The average Bonchev–Trinajstić information content (AvgIpc) is 3.25. The number of nitrogens with one attached hydrogen (secondary N) is 2. The highest BCUT2D eigenvalue weighted by Crippen LogP contribution is 2.54. The third-order valence-corrected chi connectivity index (χ3v) is 10.7. The Balaban J connectivity index is 1.17. The van der Waals surface area contributed by atoms with E-state index in [2.05, 4.69) is 15.8 Å². The molecule has 3 N–H and O–H groups in total. The molecule has 1 amide bonds. The van der Waals surface area contributed by atoms with Crippen molar-refractivity contribution in [3.8, 4) is 5.88 Å². The summed E-state index contributed by atoms with van der Waals surface area (Å²) < 4.78 is 11.9. The predicted molar refractivity (Wildman–Crippen MR) is 130 cm³/mol. The summed E-state index contributed by atoms with van der Waals surface area (Å²) in [6.07, 6.45) is 12.3. The van der Waals surface area contributed by atoms with E-state index in [0.29, 0.717) is 53.1 Å². The normalized spacial score (nSPS) is 36.0. The molecule has 2 heterocycles. The fourth-order valence-electron chi connectivity index (χ4n) is 7.51. The largest absolute Gasteiger partial charge is 0.474 e. The third-order valence-electron chi connectivity index (χ3n) is 9.28. The van der Waals surface area contributed by atoms with Gasteiger partial charge in [-0.05, 0) is 99.2 Å². The molecule has 188 valence electrons. The molecule has 4 bridgehead atoms. The SMILES string of the molecule is O=C(NC1C2CC3CC1CC(C2)C3O)c1onc(OCC2CCNCC2)c1SC1CCCCC1. The molecule has 0 aromatic carbocycles. The Morgan fingerprint density at radius 2 is 1.71 bits per heavy atom. The van der Waals surface area contributed by atoms with Crippen molar-refractivity contribution in [2.24, 2.45) is 29.6 Å². The van der Waals surface area contributed by atoms with Crippen LogP contribution in [0, 0.1) is 29.6 Å². The molecule has 7 rings (SSSR count). The molecular formula is C26H39N3O4S. The Labute approximate surface area is 206 Å². The average molecular weight is 490 g/mol. The van der Waals surface area contributed by atoms with E-state index in [1.165, 1.54) is 32.1 Å². The number of carbonyl (C=O) groups excluding carboxylic acids is 1. The highest BCUT2D eigenvalue weighted by molar-refractivity contribution is 8.00. The number of thioether (sulfide) groups is 1. The van der Waals surface area contributed by atoms with Crippen LogP contribution < -0.4 is 15.4 Å². The van der Waals surface area contributed by atoms with Crippen molar-refractivity contribution in [3.63, 3.8) is 0 Å². The molecule has 7 nitrogen and oxygen atoms in total. The van der Waals surface area contributed by atoms with Gasteiger partial charge in [0.15, 0.2) is 0 Å². The van der Waals surface area contributed by atoms with E-state index in [4.69, 9.17) is 9.26 Å². The van der Waals surface area contributed by atoms with Gasteiger partial charge < -0.3 is 25.0 Å². The molecule has 1 aromatic rings. The Morgan fingerprint density at radius 3 is 2.38 bits per heavy atom. The summed E-state index contributed by atoms with van der Waals surface area (Å²) in [4.78, 5) is 14.3. The molecule has 6 fully saturated rings. The maximum Gasteiger partial charge on any atom is 0.291 e. The maximum absolute atomic E-state index is 13.5. The van der Waals surface area contributed by atoms with Gasteiger partial charge in [0.2, 0.25) is 5.76 Å².